The number of benzene rings is 2. The molecule has 2 aromatic rings. The maximum Gasteiger partial charge on any atom is 0.262 e. The lowest BCUT2D eigenvalue weighted by molar-refractivity contribution is -0.156. The summed E-state index contributed by atoms with van der Waals surface area (Å²) in [5.74, 6) is -1.73. The molecular formula is C25H29N3O4. The summed E-state index contributed by atoms with van der Waals surface area (Å²) in [6.07, 6.45) is 2.02. The van der Waals surface area contributed by atoms with Gasteiger partial charge in [-0.3, -0.25) is 14.4 Å². The molecule has 4 rings (SSSR count). The molecule has 168 valence electrons. The Morgan fingerprint density at radius 1 is 1.06 bits per heavy atom. The minimum Gasteiger partial charge on any atom is -0.372 e. The lowest BCUT2D eigenvalue weighted by atomic mass is 9.89. The monoisotopic (exact) mass is 435 g/mol. The van der Waals surface area contributed by atoms with Gasteiger partial charge in [-0.2, -0.15) is 0 Å². The van der Waals surface area contributed by atoms with E-state index in [1.54, 1.807) is 18.2 Å². The van der Waals surface area contributed by atoms with Crippen LogP contribution in [0.15, 0.2) is 48.5 Å². The van der Waals surface area contributed by atoms with Crippen LogP contribution in [0.5, 0.6) is 0 Å². The second-order valence-electron chi connectivity index (χ2n) is 9.14. The zero-order chi connectivity index (χ0) is 22.9. The van der Waals surface area contributed by atoms with Crippen molar-refractivity contribution < 1.29 is 19.5 Å². The summed E-state index contributed by atoms with van der Waals surface area (Å²) in [6.45, 7) is 4.10. The minimum atomic E-state index is -2.27. The Labute approximate surface area is 187 Å². The van der Waals surface area contributed by atoms with E-state index in [4.69, 9.17) is 0 Å². The lowest BCUT2D eigenvalue weighted by Gasteiger charge is -2.29. The quantitative estimate of drug-likeness (QED) is 0.502. The van der Waals surface area contributed by atoms with E-state index in [2.05, 4.69) is 16.0 Å². The molecule has 32 heavy (non-hydrogen) atoms. The molecule has 1 aliphatic heterocycles. The van der Waals surface area contributed by atoms with Gasteiger partial charge in [0, 0.05) is 17.8 Å². The fourth-order valence-corrected chi connectivity index (χ4v) is 4.15. The Balaban J connectivity index is 1.64. The van der Waals surface area contributed by atoms with Gasteiger partial charge >= 0.3 is 0 Å². The Morgan fingerprint density at radius 2 is 1.72 bits per heavy atom. The molecule has 7 heteroatoms. The van der Waals surface area contributed by atoms with Crippen molar-refractivity contribution in [3.05, 3.63) is 54.1 Å². The fourth-order valence-electron chi connectivity index (χ4n) is 4.15. The van der Waals surface area contributed by atoms with E-state index in [0.717, 1.165) is 24.0 Å². The van der Waals surface area contributed by atoms with Crippen LogP contribution in [0.1, 0.15) is 44.7 Å². The average molecular weight is 436 g/mol. The van der Waals surface area contributed by atoms with Gasteiger partial charge in [0.25, 0.3) is 17.7 Å². The maximum absolute atomic E-state index is 13.3. The van der Waals surface area contributed by atoms with Gasteiger partial charge in [-0.15, -0.1) is 0 Å². The molecule has 2 aliphatic rings. The first-order chi connectivity index (χ1) is 15.3. The summed E-state index contributed by atoms with van der Waals surface area (Å²) in [5.41, 5.74) is 0.623. The van der Waals surface area contributed by atoms with E-state index >= 15 is 0 Å². The van der Waals surface area contributed by atoms with Gasteiger partial charge in [0.2, 0.25) is 5.60 Å². The van der Waals surface area contributed by atoms with Gasteiger partial charge < -0.3 is 21.1 Å². The lowest BCUT2D eigenvalue weighted by Crippen LogP contribution is -2.59. The highest BCUT2D eigenvalue weighted by Gasteiger charge is 2.46. The van der Waals surface area contributed by atoms with Crippen LogP contribution in [0, 0.1) is 11.8 Å². The second-order valence-corrected chi connectivity index (χ2v) is 9.14. The topological polar surface area (TPSA) is 108 Å². The van der Waals surface area contributed by atoms with Crippen LogP contribution in [-0.2, 0) is 14.4 Å². The van der Waals surface area contributed by atoms with E-state index in [-0.39, 0.29) is 12.3 Å². The minimum absolute atomic E-state index is 0.0501. The molecule has 0 bridgehead atoms. The molecule has 1 aliphatic carbocycles. The van der Waals surface area contributed by atoms with Crippen molar-refractivity contribution in [1.29, 1.82) is 0 Å². The SMILES string of the molecule is CC(C)CC(O)(C(=O)NCC1CC1)C(=O)N[C@@H]1C(=O)Nc2ccccc2-c2ccccc21. The van der Waals surface area contributed by atoms with Gasteiger partial charge in [-0.1, -0.05) is 56.3 Å². The third-order valence-corrected chi connectivity index (χ3v) is 5.99. The number of carbonyl (C=O) groups excluding carboxylic acids is 3. The fraction of sp³-hybridized carbons (Fsp3) is 0.400. The highest BCUT2D eigenvalue weighted by molar-refractivity contribution is 6.11. The Bertz CT molecular complexity index is 1050. The van der Waals surface area contributed by atoms with Crippen LogP contribution >= 0.6 is 0 Å². The van der Waals surface area contributed by atoms with Crippen molar-refractivity contribution in [2.45, 2.75) is 44.8 Å². The average Bonchev–Trinajstić information content (AvgIpc) is 3.60. The number of para-hydroxylation sites is 1. The number of hydrogen-bond acceptors (Lipinski definition) is 4. The van der Waals surface area contributed by atoms with Gasteiger partial charge in [0.1, 0.15) is 6.04 Å². The van der Waals surface area contributed by atoms with E-state index in [9.17, 15) is 19.5 Å². The predicted molar refractivity (Wildman–Crippen MR) is 122 cm³/mol. The first-order valence-corrected chi connectivity index (χ1v) is 11.1. The Morgan fingerprint density at radius 3 is 2.41 bits per heavy atom. The Hall–Kier alpha value is -3.19. The molecule has 4 N–H and O–H groups in total. The molecule has 7 nitrogen and oxygen atoms in total. The molecule has 1 heterocycles. The van der Waals surface area contributed by atoms with Crippen molar-refractivity contribution in [3.63, 3.8) is 0 Å². The van der Waals surface area contributed by atoms with Crippen molar-refractivity contribution in [3.8, 4) is 11.1 Å². The number of amides is 3. The molecule has 1 unspecified atom stereocenters. The van der Waals surface area contributed by atoms with Crippen LogP contribution in [0.25, 0.3) is 11.1 Å². The molecule has 0 aromatic heterocycles. The van der Waals surface area contributed by atoms with Gasteiger partial charge in [0.15, 0.2) is 0 Å². The highest BCUT2D eigenvalue weighted by Crippen LogP contribution is 2.37. The molecule has 1 fully saturated rings. The normalized spacial score (nSPS) is 19.1. The molecule has 0 radical (unpaired) electrons. The smallest absolute Gasteiger partial charge is 0.262 e. The van der Waals surface area contributed by atoms with E-state index in [1.807, 2.05) is 44.2 Å². The molecule has 1 saturated carbocycles. The zero-order valence-electron chi connectivity index (χ0n) is 18.4. The van der Waals surface area contributed by atoms with Gasteiger partial charge in [-0.05, 0) is 48.3 Å². The number of rotatable bonds is 7. The maximum atomic E-state index is 13.3. The third kappa shape index (κ3) is 4.39. The molecule has 2 aromatic carbocycles. The molecular weight excluding hydrogens is 406 g/mol. The second kappa shape index (κ2) is 8.74. The van der Waals surface area contributed by atoms with Crippen molar-refractivity contribution in [1.82, 2.24) is 10.6 Å². The van der Waals surface area contributed by atoms with Gasteiger partial charge in [-0.25, -0.2) is 0 Å². The van der Waals surface area contributed by atoms with Crippen LogP contribution < -0.4 is 16.0 Å². The molecule has 2 atom stereocenters. The predicted octanol–water partition coefficient (Wildman–Crippen LogP) is 2.77. The Kier molecular flexibility index (Phi) is 6.02. The van der Waals surface area contributed by atoms with Crippen LogP contribution in [0.4, 0.5) is 5.69 Å². The molecule has 0 spiro atoms. The summed E-state index contributed by atoms with van der Waals surface area (Å²) in [7, 11) is 0. The number of nitrogens with one attached hydrogen (secondary N) is 3. The first-order valence-electron chi connectivity index (χ1n) is 11.1. The van der Waals surface area contributed by atoms with E-state index in [0.29, 0.717) is 23.7 Å². The number of hydrogen-bond donors (Lipinski definition) is 4. The summed E-state index contributed by atoms with van der Waals surface area (Å²) >= 11 is 0. The summed E-state index contributed by atoms with van der Waals surface area (Å²) in [5, 5.41) is 19.4. The third-order valence-electron chi connectivity index (χ3n) is 5.99. The number of carbonyl (C=O) groups is 3. The molecule has 0 saturated heterocycles. The number of anilines is 1. The van der Waals surface area contributed by atoms with E-state index < -0.39 is 29.4 Å². The van der Waals surface area contributed by atoms with E-state index in [1.165, 1.54) is 0 Å². The van der Waals surface area contributed by atoms with Crippen LogP contribution in [0.2, 0.25) is 0 Å². The zero-order valence-corrected chi connectivity index (χ0v) is 18.4. The van der Waals surface area contributed by atoms with Crippen molar-refractivity contribution in [2.24, 2.45) is 11.8 Å². The summed E-state index contributed by atoms with van der Waals surface area (Å²) < 4.78 is 0. The standard InChI is InChI=1S/C25H29N3O4/c1-15(2)13-25(32,23(30)26-14-16-11-12-16)24(31)28-21-19-9-4-3-7-17(19)18-8-5-6-10-20(18)27-22(21)29/h3-10,15-16,21,32H,11-14H2,1-2H3,(H,26,30)(H,27,29)(H,28,31)/t21-,25?/m0/s1. The van der Waals surface area contributed by atoms with Gasteiger partial charge in [0.05, 0.1) is 0 Å². The summed E-state index contributed by atoms with van der Waals surface area (Å²) in [6, 6.07) is 13.7. The highest BCUT2D eigenvalue weighted by atomic mass is 16.3. The number of aliphatic hydroxyl groups is 1. The van der Waals surface area contributed by atoms with Crippen LogP contribution in [-0.4, -0.2) is 35.0 Å². The number of fused-ring (bicyclic) bond motifs is 3. The largest absolute Gasteiger partial charge is 0.372 e. The first kappa shape index (κ1) is 22.0. The molecule has 3 amide bonds. The van der Waals surface area contributed by atoms with Crippen molar-refractivity contribution in [2.75, 3.05) is 11.9 Å². The summed E-state index contributed by atoms with van der Waals surface area (Å²) in [4.78, 5) is 39.3. The van der Waals surface area contributed by atoms with Crippen LogP contribution in [0.3, 0.4) is 0 Å². The van der Waals surface area contributed by atoms with Crippen molar-refractivity contribution >= 4 is 23.4 Å².